The lowest BCUT2D eigenvalue weighted by Crippen LogP contribution is -2.04. The van der Waals surface area contributed by atoms with E-state index in [1.807, 2.05) is 6.26 Å². The molecule has 0 aromatic carbocycles. The normalized spacial score (nSPS) is 9.18. The molecule has 0 aliphatic carbocycles. The number of hydrogen-bond donors (Lipinski definition) is 1. The van der Waals surface area contributed by atoms with Crippen molar-refractivity contribution in [3.8, 4) is 0 Å². The highest BCUT2D eigenvalue weighted by atomic mass is 32.2. The first-order valence-electron chi connectivity index (χ1n) is 2.94. The van der Waals surface area contributed by atoms with Crippen molar-refractivity contribution in [1.29, 1.82) is 0 Å². The third kappa shape index (κ3) is 2.81. The van der Waals surface area contributed by atoms with E-state index in [1.54, 1.807) is 18.6 Å². The molecule has 0 unspecified atom stereocenters. The number of thiocarbonyl (C=S) groups is 1. The molecule has 0 saturated carbocycles. The van der Waals surface area contributed by atoms with Crippen molar-refractivity contribution in [2.75, 3.05) is 11.6 Å². The summed E-state index contributed by atoms with van der Waals surface area (Å²) < 4.78 is 0.700. The van der Waals surface area contributed by atoms with E-state index in [1.165, 1.54) is 11.8 Å². The van der Waals surface area contributed by atoms with Crippen LogP contribution in [0.4, 0.5) is 5.82 Å². The Labute approximate surface area is 74.6 Å². The van der Waals surface area contributed by atoms with E-state index in [-0.39, 0.29) is 0 Å². The largest absolute Gasteiger partial charge is 0.325 e. The minimum absolute atomic E-state index is 0.687. The second-order valence-corrected chi connectivity index (χ2v) is 3.19. The van der Waals surface area contributed by atoms with Crippen LogP contribution in [-0.4, -0.2) is 20.5 Å². The summed E-state index contributed by atoms with van der Waals surface area (Å²) in [7, 11) is 0. The molecule has 5 heteroatoms. The lowest BCUT2D eigenvalue weighted by molar-refractivity contribution is 1.21. The van der Waals surface area contributed by atoms with Crippen molar-refractivity contribution in [3.63, 3.8) is 0 Å². The molecule has 3 nitrogen and oxygen atoms in total. The first-order valence-corrected chi connectivity index (χ1v) is 4.57. The number of anilines is 1. The fraction of sp³-hybridized carbons (Fsp3) is 0.167. The van der Waals surface area contributed by atoms with Gasteiger partial charge in [0.1, 0.15) is 10.1 Å². The molecule has 0 amide bonds. The molecule has 1 aromatic heterocycles. The summed E-state index contributed by atoms with van der Waals surface area (Å²) in [6.07, 6.45) is 6.77. The van der Waals surface area contributed by atoms with Crippen LogP contribution in [0.2, 0.25) is 0 Å². The molecule has 0 saturated heterocycles. The molecule has 0 spiro atoms. The van der Waals surface area contributed by atoms with Crippen LogP contribution in [-0.2, 0) is 0 Å². The van der Waals surface area contributed by atoms with Gasteiger partial charge in [-0.05, 0) is 6.26 Å². The smallest absolute Gasteiger partial charge is 0.149 e. The Morgan fingerprint density at radius 3 is 3.00 bits per heavy atom. The van der Waals surface area contributed by atoms with Crippen LogP contribution in [0.5, 0.6) is 0 Å². The van der Waals surface area contributed by atoms with E-state index in [0.29, 0.717) is 10.1 Å². The van der Waals surface area contributed by atoms with Crippen LogP contribution in [0.15, 0.2) is 18.6 Å². The van der Waals surface area contributed by atoms with Gasteiger partial charge in [0, 0.05) is 12.4 Å². The fourth-order valence-electron chi connectivity index (χ4n) is 0.519. The summed E-state index contributed by atoms with van der Waals surface area (Å²) in [4.78, 5) is 7.87. The summed E-state index contributed by atoms with van der Waals surface area (Å²) in [6.45, 7) is 0. The lowest BCUT2D eigenvalue weighted by Gasteiger charge is -2.01. The molecule has 0 aliphatic rings. The summed E-state index contributed by atoms with van der Waals surface area (Å²) in [5.41, 5.74) is 0. The summed E-state index contributed by atoms with van der Waals surface area (Å²) >= 11 is 6.39. The van der Waals surface area contributed by atoms with E-state index in [2.05, 4.69) is 15.3 Å². The van der Waals surface area contributed by atoms with Crippen molar-refractivity contribution >= 4 is 34.1 Å². The molecule has 0 bridgehead atoms. The molecular formula is C6H7N3S2. The highest BCUT2D eigenvalue weighted by Crippen LogP contribution is 2.03. The van der Waals surface area contributed by atoms with E-state index in [0.717, 1.165) is 0 Å². The van der Waals surface area contributed by atoms with Gasteiger partial charge in [0.25, 0.3) is 0 Å². The highest BCUT2D eigenvalue weighted by Gasteiger charge is 1.94. The average Bonchev–Trinajstić information content (AvgIpc) is 2.06. The van der Waals surface area contributed by atoms with Gasteiger partial charge in [0.05, 0.1) is 6.20 Å². The van der Waals surface area contributed by atoms with Crippen LogP contribution in [0.3, 0.4) is 0 Å². The Kier molecular flexibility index (Phi) is 3.25. The summed E-state index contributed by atoms with van der Waals surface area (Å²) in [5.74, 6) is 0.687. The Balaban J connectivity index is 2.58. The van der Waals surface area contributed by atoms with Crippen molar-refractivity contribution < 1.29 is 0 Å². The maximum absolute atomic E-state index is 4.92. The van der Waals surface area contributed by atoms with E-state index >= 15 is 0 Å². The van der Waals surface area contributed by atoms with Gasteiger partial charge in [-0.2, -0.15) is 0 Å². The average molecular weight is 185 g/mol. The molecule has 11 heavy (non-hydrogen) atoms. The Morgan fingerprint density at radius 2 is 2.45 bits per heavy atom. The second kappa shape index (κ2) is 4.25. The third-order valence-electron chi connectivity index (χ3n) is 0.979. The van der Waals surface area contributed by atoms with Crippen molar-refractivity contribution in [2.45, 2.75) is 0 Å². The monoisotopic (exact) mass is 185 g/mol. The first-order chi connectivity index (χ1) is 5.33. The molecule has 0 radical (unpaired) electrons. The molecule has 58 valence electrons. The summed E-state index contributed by atoms with van der Waals surface area (Å²) in [6, 6.07) is 0. The molecular weight excluding hydrogens is 178 g/mol. The summed E-state index contributed by atoms with van der Waals surface area (Å²) in [5, 5.41) is 2.91. The van der Waals surface area contributed by atoms with Gasteiger partial charge in [-0.25, -0.2) is 4.98 Å². The van der Waals surface area contributed by atoms with Gasteiger partial charge in [0.15, 0.2) is 0 Å². The number of nitrogens with one attached hydrogen (secondary N) is 1. The van der Waals surface area contributed by atoms with Crippen LogP contribution in [0.1, 0.15) is 0 Å². The van der Waals surface area contributed by atoms with Crippen LogP contribution >= 0.6 is 24.0 Å². The predicted molar refractivity (Wildman–Crippen MR) is 51.8 cm³/mol. The number of aromatic nitrogens is 2. The number of hydrogen-bond acceptors (Lipinski definition) is 4. The van der Waals surface area contributed by atoms with Crippen LogP contribution in [0, 0.1) is 0 Å². The van der Waals surface area contributed by atoms with Crippen molar-refractivity contribution in [3.05, 3.63) is 18.6 Å². The van der Waals surface area contributed by atoms with E-state index in [9.17, 15) is 0 Å². The number of thioether (sulfide) groups is 1. The van der Waals surface area contributed by atoms with Gasteiger partial charge in [-0.3, -0.25) is 4.98 Å². The molecule has 1 rings (SSSR count). The molecule has 1 N–H and O–H groups in total. The highest BCUT2D eigenvalue weighted by molar-refractivity contribution is 8.22. The maximum atomic E-state index is 4.92. The quantitative estimate of drug-likeness (QED) is 0.672. The zero-order chi connectivity index (χ0) is 8.10. The molecule has 0 atom stereocenters. The zero-order valence-electron chi connectivity index (χ0n) is 5.94. The Hall–Kier alpha value is -0.680. The van der Waals surface area contributed by atoms with Gasteiger partial charge < -0.3 is 5.32 Å². The molecule has 0 fully saturated rings. The lowest BCUT2D eigenvalue weighted by atomic mass is 10.7. The predicted octanol–water partition coefficient (Wildman–Crippen LogP) is 1.54. The standard InChI is InChI=1S/C6H7N3S2/c1-11-6(10)9-5-4-7-2-3-8-5/h2-4H,1H3,(H,8,9,10). The minimum atomic E-state index is 0.687. The van der Waals surface area contributed by atoms with Crippen LogP contribution < -0.4 is 5.32 Å². The molecule has 1 aromatic rings. The molecule has 0 aliphatic heterocycles. The second-order valence-electron chi connectivity index (χ2n) is 1.71. The first kappa shape index (κ1) is 8.42. The van der Waals surface area contributed by atoms with Gasteiger partial charge in [-0.15, -0.1) is 11.8 Å². The number of nitrogens with zero attached hydrogens (tertiary/aromatic N) is 2. The van der Waals surface area contributed by atoms with Gasteiger partial charge >= 0.3 is 0 Å². The van der Waals surface area contributed by atoms with E-state index in [4.69, 9.17) is 12.2 Å². The Morgan fingerprint density at radius 1 is 1.64 bits per heavy atom. The molecule has 1 heterocycles. The van der Waals surface area contributed by atoms with E-state index < -0.39 is 0 Å². The SMILES string of the molecule is CSC(=S)Nc1cnccn1. The Bertz CT molecular complexity index is 237. The van der Waals surface area contributed by atoms with Gasteiger partial charge in [-0.1, -0.05) is 12.2 Å². The van der Waals surface area contributed by atoms with Crippen molar-refractivity contribution in [1.82, 2.24) is 9.97 Å². The topological polar surface area (TPSA) is 37.8 Å². The van der Waals surface area contributed by atoms with Crippen molar-refractivity contribution in [2.24, 2.45) is 0 Å². The zero-order valence-corrected chi connectivity index (χ0v) is 7.58. The fourth-order valence-corrected chi connectivity index (χ4v) is 0.830. The number of rotatable bonds is 1. The minimum Gasteiger partial charge on any atom is -0.325 e. The maximum Gasteiger partial charge on any atom is 0.149 e. The van der Waals surface area contributed by atoms with Crippen LogP contribution in [0.25, 0.3) is 0 Å². The third-order valence-corrected chi connectivity index (χ3v) is 2.05. The van der Waals surface area contributed by atoms with Gasteiger partial charge in [0.2, 0.25) is 0 Å².